The standard InChI is InChI=1S/C13H18N2O4S/c1-3-14-9-11(7-12(14)13(16)17)20(18,19)15-6-4-5-10(2)8-15/h5,7,9H,3-4,6,8H2,1-2H3,(H,16,17). The highest BCUT2D eigenvalue weighted by atomic mass is 32.2. The van der Waals surface area contributed by atoms with Crippen molar-refractivity contribution in [2.24, 2.45) is 0 Å². The van der Waals surface area contributed by atoms with Crippen molar-refractivity contribution in [1.82, 2.24) is 8.87 Å². The van der Waals surface area contributed by atoms with E-state index in [1.54, 1.807) is 6.92 Å². The molecule has 0 spiro atoms. The molecule has 0 fully saturated rings. The fourth-order valence-electron chi connectivity index (χ4n) is 2.30. The number of aromatic nitrogens is 1. The molecule has 1 aliphatic rings. The summed E-state index contributed by atoms with van der Waals surface area (Å²) in [7, 11) is -3.63. The first kappa shape index (κ1) is 14.8. The maximum atomic E-state index is 12.5. The van der Waals surface area contributed by atoms with E-state index in [2.05, 4.69) is 0 Å². The van der Waals surface area contributed by atoms with Crippen molar-refractivity contribution in [1.29, 1.82) is 0 Å². The molecule has 2 heterocycles. The maximum absolute atomic E-state index is 12.5. The average Bonchev–Trinajstić information content (AvgIpc) is 2.83. The number of carboxylic acid groups (broad SMARTS) is 1. The first-order valence-electron chi connectivity index (χ1n) is 6.45. The second-order valence-corrected chi connectivity index (χ2v) is 6.77. The molecule has 1 aromatic heterocycles. The van der Waals surface area contributed by atoms with E-state index in [9.17, 15) is 13.2 Å². The first-order chi connectivity index (χ1) is 9.36. The molecule has 0 aromatic carbocycles. The van der Waals surface area contributed by atoms with Crippen molar-refractivity contribution < 1.29 is 18.3 Å². The minimum atomic E-state index is -3.63. The molecule has 0 amide bonds. The van der Waals surface area contributed by atoms with Crippen LogP contribution in [0, 0.1) is 0 Å². The van der Waals surface area contributed by atoms with Crippen LogP contribution in [0.5, 0.6) is 0 Å². The molecule has 110 valence electrons. The van der Waals surface area contributed by atoms with E-state index in [-0.39, 0.29) is 10.6 Å². The quantitative estimate of drug-likeness (QED) is 0.855. The zero-order valence-electron chi connectivity index (χ0n) is 11.5. The van der Waals surface area contributed by atoms with E-state index in [1.165, 1.54) is 21.1 Å². The van der Waals surface area contributed by atoms with Crippen molar-refractivity contribution in [3.05, 3.63) is 29.6 Å². The second kappa shape index (κ2) is 5.41. The minimum absolute atomic E-state index is 0.00431. The van der Waals surface area contributed by atoms with Crippen LogP contribution in [0.2, 0.25) is 0 Å². The predicted octanol–water partition coefficient (Wildman–Crippen LogP) is 1.55. The van der Waals surface area contributed by atoms with Crippen molar-refractivity contribution in [2.45, 2.75) is 31.7 Å². The first-order valence-corrected chi connectivity index (χ1v) is 7.89. The van der Waals surface area contributed by atoms with Gasteiger partial charge >= 0.3 is 5.97 Å². The fraction of sp³-hybridized carbons (Fsp3) is 0.462. The van der Waals surface area contributed by atoms with E-state index in [0.29, 0.717) is 26.1 Å². The molecule has 6 nitrogen and oxygen atoms in total. The zero-order chi connectivity index (χ0) is 14.9. The monoisotopic (exact) mass is 298 g/mol. The largest absolute Gasteiger partial charge is 0.477 e. The minimum Gasteiger partial charge on any atom is -0.477 e. The molecule has 20 heavy (non-hydrogen) atoms. The summed E-state index contributed by atoms with van der Waals surface area (Å²) in [5.41, 5.74) is 1.00. The third-order valence-electron chi connectivity index (χ3n) is 3.37. The molecule has 0 radical (unpaired) electrons. The molecule has 0 unspecified atom stereocenters. The predicted molar refractivity (Wildman–Crippen MR) is 74.2 cm³/mol. The number of hydrogen-bond acceptors (Lipinski definition) is 3. The Labute approximate surface area is 118 Å². The topological polar surface area (TPSA) is 79.6 Å². The summed E-state index contributed by atoms with van der Waals surface area (Å²) in [6.07, 6.45) is 4.10. The van der Waals surface area contributed by atoms with Crippen LogP contribution in [0.1, 0.15) is 30.8 Å². The summed E-state index contributed by atoms with van der Waals surface area (Å²) in [6, 6.07) is 1.23. The molecule has 0 atom stereocenters. The van der Waals surface area contributed by atoms with E-state index in [1.807, 2.05) is 13.0 Å². The van der Waals surface area contributed by atoms with Gasteiger partial charge in [0.1, 0.15) is 10.6 Å². The number of sulfonamides is 1. The van der Waals surface area contributed by atoms with Gasteiger partial charge in [0.2, 0.25) is 10.0 Å². The lowest BCUT2D eigenvalue weighted by Gasteiger charge is -2.24. The Morgan fingerprint density at radius 2 is 2.15 bits per heavy atom. The van der Waals surface area contributed by atoms with Crippen LogP contribution in [0.3, 0.4) is 0 Å². The van der Waals surface area contributed by atoms with Gasteiger partial charge in [-0.25, -0.2) is 13.2 Å². The maximum Gasteiger partial charge on any atom is 0.352 e. The Kier molecular flexibility index (Phi) is 4.01. The van der Waals surface area contributed by atoms with Crippen LogP contribution in [-0.4, -0.2) is 41.5 Å². The van der Waals surface area contributed by atoms with E-state index < -0.39 is 16.0 Å². The Bertz CT molecular complexity index is 658. The van der Waals surface area contributed by atoms with Gasteiger partial charge in [-0.05, 0) is 26.3 Å². The van der Waals surface area contributed by atoms with Crippen LogP contribution >= 0.6 is 0 Å². The lowest BCUT2D eigenvalue weighted by Crippen LogP contribution is -2.35. The summed E-state index contributed by atoms with van der Waals surface area (Å²) >= 11 is 0. The number of carbonyl (C=O) groups is 1. The van der Waals surface area contributed by atoms with Crippen LogP contribution in [0.25, 0.3) is 0 Å². The highest BCUT2D eigenvalue weighted by molar-refractivity contribution is 7.89. The fourth-order valence-corrected chi connectivity index (χ4v) is 3.83. The summed E-state index contributed by atoms with van der Waals surface area (Å²) in [5, 5.41) is 9.09. The molecular weight excluding hydrogens is 280 g/mol. The van der Waals surface area contributed by atoms with Crippen molar-refractivity contribution in [3.63, 3.8) is 0 Å². The average molecular weight is 298 g/mol. The normalized spacial score (nSPS) is 17.0. The SMILES string of the molecule is CCn1cc(S(=O)(=O)N2CCC=C(C)C2)cc1C(=O)O. The van der Waals surface area contributed by atoms with Gasteiger partial charge in [0.05, 0.1) is 0 Å². The molecule has 0 bridgehead atoms. The lowest BCUT2D eigenvalue weighted by molar-refractivity contribution is 0.0685. The highest BCUT2D eigenvalue weighted by Crippen LogP contribution is 2.22. The van der Waals surface area contributed by atoms with Gasteiger partial charge in [0.25, 0.3) is 0 Å². The van der Waals surface area contributed by atoms with Gasteiger partial charge in [-0.1, -0.05) is 11.6 Å². The molecule has 0 saturated carbocycles. The molecule has 2 rings (SSSR count). The van der Waals surface area contributed by atoms with Gasteiger partial charge < -0.3 is 9.67 Å². The smallest absolute Gasteiger partial charge is 0.352 e. The van der Waals surface area contributed by atoms with Gasteiger partial charge in [0, 0.05) is 25.8 Å². The molecular formula is C13H18N2O4S. The zero-order valence-corrected chi connectivity index (χ0v) is 12.4. The van der Waals surface area contributed by atoms with Crippen LogP contribution in [0.15, 0.2) is 28.8 Å². The number of rotatable bonds is 4. The highest BCUT2D eigenvalue weighted by Gasteiger charge is 2.28. The van der Waals surface area contributed by atoms with Crippen molar-refractivity contribution in [3.8, 4) is 0 Å². The van der Waals surface area contributed by atoms with E-state index >= 15 is 0 Å². The van der Waals surface area contributed by atoms with Gasteiger partial charge in [0.15, 0.2) is 0 Å². The Morgan fingerprint density at radius 3 is 2.65 bits per heavy atom. The van der Waals surface area contributed by atoms with E-state index in [4.69, 9.17) is 5.11 Å². The van der Waals surface area contributed by atoms with Crippen molar-refractivity contribution in [2.75, 3.05) is 13.1 Å². The van der Waals surface area contributed by atoms with Gasteiger partial charge in [-0.15, -0.1) is 0 Å². The van der Waals surface area contributed by atoms with E-state index in [0.717, 1.165) is 5.57 Å². The second-order valence-electron chi connectivity index (χ2n) is 4.83. The molecule has 0 saturated heterocycles. The molecule has 0 aliphatic carbocycles. The van der Waals surface area contributed by atoms with Gasteiger partial charge in [-0.2, -0.15) is 4.31 Å². The number of carboxylic acids is 1. The number of hydrogen-bond donors (Lipinski definition) is 1. The van der Waals surface area contributed by atoms with Crippen molar-refractivity contribution >= 4 is 16.0 Å². The Balaban J connectivity index is 2.40. The third-order valence-corrected chi connectivity index (χ3v) is 5.18. The third kappa shape index (κ3) is 2.64. The van der Waals surface area contributed by atoms with Crippen LogP contribution in [0.4, 0.5) is 0 Å². The van der Waals surface area contributed by atoms with Gasteiger partial charge in [-0.3, -0.25) is 0 Å². The number of nitrogens with zero attached hydrogens (tertiary/aromatic N) is 2. The summed E-state index contributed by atoms with van der Waals surface area (Å²) < 4.78 is 27.9. The van der Waals surface area contributed by atoms with Crippen LogP contribution < -0.4 is 0 Å². The summed E-state index contributed by atoms with van der Waals surface area (Å²) in [6.45, 7) is 4.87. The van der Waals surface area contributed by atoms with Crippen LogP contribution in [-0.2, 0) is 16.6 Å². The molecule has 7 heteroatoms. The Morgan fingerprint density at radius 1 is 1.45 bits per heavy atom. The molecule has 1 aliphatic heterocycles. The lowest BCUT2D eigenvalue weighted by atomic mass is 10.2. The Hall–Kier alpha value is -1.60. The molecule has 1 aromatic rings. The number of aryl methyl sites for hydroxylation is 1. The summed E-state index contributed by atoms with van der Waals surface area (Å²) in [4.78, 5) is 11.2. The summed E-state index contributed by atoms with van der Waals surface area (Å²) in [5.74, 6) is -1.12. The number of aromatic carboxylic acids is 1. The molecule has 1 N–H and O–H groups in total.